The molecule has 0 fully saturated rings. The summed E-state index contributed by atoms with van der Waals surface area (Å²) in [5, 5.41) is 10.5. The Morgan fingerprint density at radius 3 is 2.34 bits per heavy atom. The average Bonchev–Trinajstić information content (AvgIpc) is 2.75. The highest BCUT2D eigenvalue weighted by atomic mass is 16.3. The number of benzene rings is 3. The van der Waals surface area contributed by atoms with E-state index in [0.717, 1.165) is 24.8 Å². The molecule has 0 spiro atoms. The van der Waals surface area contributed by atoms with Crippen LogP contribution in [0, 0.1) is 13.8 Å². The minimum absolute atomic E-state index is 0.314. The van der Waals surface area contributed by atoms with Crippen molar-refractivity contribution in [1.82, 2.24) is 0 Å². The normalized spacial score (nSPS) is 19.1. The van der Waals surface area contributed by atoms with Gasteiger partial charge in [-0.25, -0.2) is 0 Å². The number of hydrogen-bond acceptors (Lipinski definition) is 1. The van der Waals surface area contributed by atoms with Crippen LogP contribution in [0.25, 0.3) is 5.57 Å². The Kier molecular flexibility index (Phi) is 5.58. The summed E-state index contributed by atoms with van der Waals surface area (Å²) in [6, 6.07) is 23.7. The molecule has 0 radical (unpaired) electrons. The van der Waals surface area contributed by atoms with Crippen LogP contribution in [0.1, 0.15) is 65.0 Å². The fraction of sp³-hybridized carbons (Fsp3) is 0.286. The van der Waals surface area contributed by atoms with Crippen LogP contribution in [0.15, 0.2) is 72.8 Å². The number of aryl methyl sites for hydroxylation is 3. The first-order valence-electron chi connectivity index (χ1n) is 10.7. The maximum atomic E-state index is 10.5. The minimum Gasteiger partial charge on any atom is -0.508 e. The van der Waals surface area contributed by atoms with E-state index >= 15 is 0 Å². The lowest BCUT2D eigenvalue weighted by atomic mass is 9.74. The summed E-state index contributed by atoms with van der Waals surface area (Å²) in [6.45, 7) is 6.55. The predicted molar refractivity (Wildman–Crippen MR) is 123 cm³/mol. The second-order valence-electron chi connectivity index (χ2n) is 8.39. The Labute approximate surface area is 174 Å². The summed E-state index contributed by atoms with van der Waals surface area (Å²) >= 11 is 0. The molecule has 148 valence electrons. The lowest BCUT2D eigenvalue weighted by Crippen LogP contribution is -2.12. The highest BCUT2D eigenvalue weighted by Crippen LogP contribution is 2.45. The summed E-state index contributed by atoms with van der Waals surface area (Å²) in [6.07, 6.45) is 5.51. The molecule has 0 bridgehead atoms. The Hall–Kier alpha value is -2.80. The van der Waals surface area contributed by atoms with Crippen molar-refractivity contribution in [2.75, 3.05) is 0 Å². The van der Waals surface area contributed by atoms with Crippen molar-refractivity contribution in [1.29, 1.82) is 0 Å². The molecule has 1 aliphatic carbocycles. The van der Waals surface area contributed by atoms with E-state index in [9.17, 15) is 5.11 Å². The predicted octanol–water partition coefficient (Wildman–Crippen LogP) is 7.32. The van der Waals surface area contributed by atoms with E-state index in [0.29, 0.717) is 17.6 Å². The molecule has 29 heavy (non-hydrogen) atoms. The number of phenolic OH excluding ortho intramolecular Hbond substituents is 1. The molecule has 1 N–H and O–H groups in total. The molecule has 4 rings (SSSR count). The average molecular weight is 383 g/mol. The van der Waals surface area contributed by atoms with E-state index < -0.39 is 0 Å². The molecule has 1 aliphatic rings. The number of hydrogen-bond donors (Lipinski definition) is 1. The second-order valence-corrected chi connectivity index (χ2v) is 8.39. The fourth-order valence-corrected chi connectivity index (χ4v) is 4.50. The van der Waals surface area contributed by atoms with E-state index in [1.54, 1.807) is 0 Å². The molecule has 2 atom stereocenters. The van der Waals surface area contributed by atoms with Crippen molar-refractivity contribution < 1.29 is 5.11 Å². The van der Waals surface area contributed by atoms with Gasteiger partial charge in [0.2, 0.25) is 0 Å². The van der Waals surface area contributed by atoms with Gasteiger partial charge in [0.1, 0.15) is 5.75 Å². The topological polar surface area (TPSA) is 20.2 Å². The van der Waals surface area contributed by atoms with Crippen LogP contribution in [0.4, 0.5) is 0 Å². The van der Waals surface area contributed by atoms with Crippen molar-refractivity contribution in [3.8, 4) is 5.75 Å². The molecule has 1 nitrogen and oxygen atoms in total. The second kappa shape index (κ2) is 8.29. The van der Waals surface area contributed by atoms with Crippen molar-refractivity contribution >= 4 is 5.57 Å². The van der Waals surface area contributed by atoms with Gasteiger partial charge in [0.15, 0.2) is 0 Å². The molecule has 0 aromatic heterocycles. The monoisotopic (exact) mass is 382 g/mol. The fourth-order valence-electron chi connectivity index (χ4n) is 4.50. The summed E-state index contributed by atoms with van der Waals surface area (Å²) < 4.78 is 0. The minimum atomic E-state index is 0.314. The van der Waals surface area contributed by atoms with Crippen LogP contribution in [-0.4, -0.2) is 5.11 Å². The Morgan fingerprint density at radius 1 is 0.897 bits per heavy atom. The van der Waals surface area contributed by atoms with Gasteiger partial charge in [-0.2, -0.15) is 0 Å². The molecule has 0 aliphatic heterocycles. The molecule has 3 aromatic carbocycles. The third-order valence-electron chi connectivity index (χ3n) is 6.48. The quantitative estimate of drug-likeness (QED) is 0.501. The highest BCUT2D eigenvalue weighted by molar-refractivity contribution is 5.69. The van der Waals surface area contributed by atoms with Gasteiger partial charge >= 0.3 is 0 Å². The lowest BCUT2D eigenvalue weighted by Gasteiger charge is -2.30. The summed E-state index contributed by atoms with van der Waals surface area (Å²) in [5.41, 5.74) is 9.17. The van der Waals surface area contributed by atoms with Crippen molar-refractivity contribution in [2.24, 2.45) is 0 Å². The molecule has 0 saturated heterocycles. The summed E-state index contributed by atoms with van der Waals surface area (Å²) in [7, 11) is 0. The molecule has 0 saturated carbocycles. The van der Waals surface area contributed by atoms with Gasteiger partial charge in [0.05, 0.1) is 0 Å². The Bertz CT molecular complexity index is 1030. The van der Waals surface area contributed by atoms with Crippen molar-refractivity contribution in [3.63, 3.8) is 0 Å². The highest BCUT2D eigenvalue weighted by Gasteiger charge is 2.27. The van der Waals surface area contributed by atoms with E-state index in [-0.39, 0.29) is 0 Å². The molecular formula is C28H30O. The number of rotatable bonds is 4. The van der Waals surface area contributed by atoms with Crippen LogP contribution in [0.2, 0.25) is 0 Å². The van der Waals surface area contributed by atoms with Crippen molar-refractivity contribution in [2.45, 2.75) is 51.9 Å². The molecule has 1 heteroatoms. The summed E-state index contributed by atoms with van der Waals surface area (Å²) in [5.74, 6) is 1.08. The SMILES string of the molecule is CCc1ccc(C2=C[C@@H](c3ccc(C)c(C)c3)CC(c3ccccc3O)C2)cc1. The number of para-hydroxylation sites is 1. The third kappa shape index (κ3) is 4.15. The number of aromatic hydroxyl groups is 1. The van der Waals surface area contributed by atoms with Gasteiger partial charge in [-0.3, -0.25) is 0 Å². The Balaban J connectivity index is 1.75. The van der Waals surface area contributed by atoms with E-state index in [4.69, 9.17) is 0 Å². The van der Waals surface area contributed by atoms with E-state index in [1.165, 1.54) is 33.4 Å². The maximum Gasteiger partial charge on any atom is 0.119 e. The first-order valence-corrected chi connectivity index (χ1v) is 10.7. The third-order valence-corrected chi connectivity index (χ3v) is 6.48. The molecule has 0 heterocycles. The van der Waals surface area contributed by atoms with Gasteiger partial charge in [0, 0.05) is 5.92 Å². The van der Waals surface area contributed by atoms with Crippen LogP contribution < -0.4 is 0 Å². The lowest BCUT2D eigenvalue weighted by molar-refractivity contribution is 0.453. The Morgan fingerprint density at radius 2 is 1.66 bits per heavy atom. The van der Waals surface area contributed by atoms with Crippen LogP contribution in [0.3, 0.4) is 0 Å². The number of allylic oxidation sites excluding steroid dienone is 2. The number of phenols is 1. The van der Waals surface area contributed by atoms with E-state index in [1.807, 2.05) is 18.2 Å². The van der Waals surface area contributed by atoms with Crippen LogP contribution in [0.5, 0.6) is 5.75 Å². The van der Waals surface area contributed by atoms with Crippen LogP contribution >= 0.6 is 0 Å². The molecule has 1 unspecified atom stereocenters. The first-order chi connectivity index (χ1) is 14.0. The summed E-state index contributed by atoms with van der Waals surface area (Å²) in [4.78, 5) is 0. The van der Waals surface area contributed by atoms with Crippen LogP contribution in [-0.2, 0) is 6.42 Å². The largest absolute Gasteiger partial charge is 0.508 e. The standard InChI is InChI=1S/C28H30O/c1-4-21-10-13-22(14-11-21)24-16-25(23-12-9-19(2)20(3)15-23)18-26(17-24)27-7-5-6-8-28(27)29/h5-16,25-26,29H,4,17-18H2,1-3H3/t25-,26?/m1/s1. The zero-order valence-corrected chi connectivity index (χ0v) is 17.7. The van der Waals surface area contributed by atoms with Crippen molar-refractivity contribution in [3.05, 3.63) is 106 Å². The van der Waals surface area contributed by atoms with Gasteiger partial charge in [0.25, 0.3) is 0 Å². The zero-order valence-electron chi connectivity index (χ0n) is 17.7. The smallest absolute Gasteiger partial charge is 0.119 e. The maximum absolute atomic E-state index is 10.5. The molecular weight excluding hydrogens is 352 g/mol. The molecule has 3 aromatic rings. The first kappa shape index (κ1) is 19.5. The van der Waals surface area contributed by atoms with Gasteiger partial charge in [-0.15, -0.1) is 0 Å². The van der Waals surface area contributed by atoms with Gasteiger partial charge in [-0.1, -0.05) is 73.7 Å². The van der Waals surface area contributed by atoms with Gasteiger partial charge < -0.3 is 5.11 Å². The molecule has 0 amide bonds. The van der Waals surface area contributed by atoms with E-state index in [2.05, 4.69) is 75.4 Å². The van der Waals surface area contributed by atoms with Gasteiger partial charge in [-0.05, 0) is 84.0 Å². The zero-order chi connectivity index (χ0) is 20.4.